The maximum atomic E-state index is 12.5. The van der Waals surface area contributed by atoms with Gasteiger partial charge in [-0.25, -0.2) is 13.1 Å². The molecule has 0 heterocycles. The van der Waals surface area contributed by atoms with Gasteiger partial charge in [0, 0.05) is 11.7 Å². The van der Waals surface area contributed by atoms with Crippen molar-refractivity contribution in [1.29, 1.82) is 0 Å². The Balaban J connectivity index is 2.16. The monoisotopic (exact) mass is 296 g/mol. The Morgan fingerprint density at radius 2 is 1.90 bits per heavy atom. The predicted octanol–water partition coefficient (Wildman–Crippen LogP) is 2.82. The quantitative estimate of drug-likeness (QED) is 0.839. The molecule has 2 rings (SSSR count). The van der Waals surface area contributed by atoms with Crippen LogP contribution in [0.4, 0.5) is 5.69 Å². The molecule has 5 heteroatoms. The molecule has 0 amide bonds. The molecule has 3 N–H and O–H groups in total. The summed E-state index contributed by atoms with van der Waals surface area (Å²) in [4.78, 5) is 0.292. The maximum Gasteiger partial charge on any atom is 0.241 e. The molecule has 0 aliphatic heterocycles. The normalized spacial score (nSPS) is 18.9. The van der Waals surface area contributed by atoms with Crippen LogP contribution in [-0.2, 0) is 10.0 Å². The lowest BCUT2D eigenvalue weighted by molar-refractivity contribution is 0.303. The molecule has 0 saturated heterocycles. The zero-order chi connectivity index (χ0) is 14.8. The van der Waals surface area contributed by atoms with Gasteiger partial charge in [-0.1, -0.05) is 25.3 Å². The van der Waals surface area contributed by atoms with Crippen LogP contribution >= 0.6 is 0 Å². The highest BCUT2D eigenvalue weighted by Crippen LogP contribution is 2.28. The summed E-state index contributed by atoms with van der Waals surface area (Å²) in [5, 5.41) is 0. The Kier molecular flexibility index (Phi) is 4.70. The van der Waals surface area contributed by atoms with E-state index in [2.05, 4.69) is 4.72 Å². The molecule has 1 aliphatic carbocycles. The zero-order valence-electron chi connectivity index (χ0n) is 12.2. The fourth-order valence-electron chi connectivity index (χ4n) is 2.96. The lowest BCUT2D eigenvalue weighted by atomic mass is 9.85. The van der Waals surface area contributed by atoms with E-state index in [0.29, 0.717) is 22.1 Å². The largest absolute Gasteiger partial charge is 0.398 e. The SMILES string of the molecule is Cc1c(N)cccc1S(=O)(=O)NC(C)C1CCCCC1. The fraction of sp³-hybridized carbons (Fsp3) is 0.600. The van der Waals surface area contributed by atoms with Gasteiger partial charge in [0.25, 0.3) is 0 Å². The Morgan fingerprint density at radius 3 is 2.55 bits per heavy atom. The van der Waals surface area contributed by atoms with Crippen LogP contribution in [0.1, 0.15) is 44.6 Å². The number of nitrogens with two attached hydrogens (primary N) is 1. The molecular formula is C15H24N2O2S. The summed E-state index contributed by atoms with van der Waals surface area (Å²) in [7, 11) is -3.49. The zero-order valence-corrected chi connectivity index (χ0v) is 13.0. The van der Waals surface area contributed by atoms with Crippen LogP contribution in [0.25, 0.3) is 0 Å². The molecule has 112 valence electrons. The molecular weight excluding hydrogens is 272 g/mol. The molecule has 0 spiro atoms. The average molecular weight is 296 g/mol. The summed E-state index contributed by atoms with van der Waals surface area (Å²) in [6.45, 7) is 3.71. The second-order valence-electron chi connectivity index (χ2n) is 5.78. The number of sulfonamides is 1. The highest BCUT2D eigenvalue weighted by atomic mass is 32.2. The van der Waals surface area contributed by atoms with E-state index in [1.54, 1.807) is 25.1 Å². The van der Waals surface area contributed by atoms with Crippen LogP contribution in [0.3, 0.4) is 0 Å². The van der Waals surface area contributed by atoms with E-state index in [4.69, 9.17) is 5.73 Å². The van der Waals surface area contributed by atoms with Gasteiger partial charge in [-0.2, -0.15) is 0 Å². The topological polar surface area (TPSA) is 72.2 Å². The summed E-state index contributed by atoms with van der Waals surface area (Å²) >= 11 is 0. The van der Waals surface area contributed by atoms with Gasteiger partial charge in [0.1, 0.15) is 0 Å². The Labute approximate surface area is 121 Å². The fourth-order valence-corrected chi connectivity index (χ4v) is 4.55. The van der Waals surface area contributed by atoms with Crippen molar-refractivity contribution in [1.82, 2.24) is 4.72 Å². The van der Waals surface area contributed by atoms with Crippen molar-refractivity contribution in [3.05, 3.63) is 23.8 Å². The molecule has 1 atom stereocenters. The number of nitrogen functional groups attached to an aromatic ring is 1. The molecule has 20 heavy (non-hydrogen) atoms. The number of benzene rings is 1. The van der Waals surface area contributed by atoms with Crippen LogP contribution in [0.2, 0.25) is 0 Å². The third-order valence-corrected chi connectivity index (χ3v) is 6.02. The highest BCUT2D eigenvalue weighted by molar-refractivity contribution is 7.89. The molecule has 1 fully saturated rings. The summed E-state index contributed by atoms with van der Waals surface area (Å²) in [6.07, 6.45) is 5.89. The van der Waals surface area contributed by atoms with Gasteiger partial charge in [0.2, 0.25) is 10.0 Å². The molecule has 0 bridgehead atoms. The number of rotatable bonds is 4. The van der Waals surface area contributed by atoms with E-state index < -0.39 is 10.0 Å². The number of anilines is 1. The number of hydrogen-bond donors (Lipinski definition) is 2. The minimum Gasteiger partial charge on any atom is -0.398 e. The molecule has 1 aromatic carbocycles. The van der Waals surface area contributed by atoms with E-state index in [1.165, 1.54) is 19.3 Å². The summed E-state index contributed by atoms with van der Waals surface area (Å²) in [5.74, 6) is 0.444. The van der Waals surface area contributed by atoms with E-state index >= 15 is 0 Å². The van der Waals surface area contributed by atoms with Gasteiger partial charge in [-0.05, 0) is 50.3 Å². The molecule has 1 saturated carbocycles. The van der Waals surface area contributed by atoms with E-state index in [9.17, 15) is 8.42 Å². The third-order valence-electron chi connectivity index (χ3n) is 4.31. The molecule has 1 aliphatic rings. The molecule has 1 aromatic rings. The average Bonchev–Trinajstić information content (AvgIpc) is 2.42. The second-order valence-corrected chi connectivity index (χ2v) is 7.46. The van der Waals surface area contributed by atoms with Gasteiger partial charge in [-0.15, -0.1) is 0 Å². The molecule has 4 nitrogen and oxygen atoms in total. The maximum absolute atomic E-state index is 12.5. The van der Waals surface area contributed by atoms with Crippen molar-refractivity contribution in [2.75, 3.05) is 5.73 Å². The predicted molar refractivity (Wildman–Crippen MR) is 81.9 cm³/mol. The van der Waals surface area contributed by atoms with E-state index in [0.717, 1.165) is 12.8 Å². The van der Waals surface area contributed by atoms with Crippen LogP contribution in [0.15, 0.2) is 23.1 Å². The number of hydrogen-bond acceptors (Lipinski definition) is 3. The van der Waals surface area contributed by atoms with Crippen LogP contribution in [0.5, 0.6) is 0 Å². The van der Waals surface area contributed by atoms with Gasteiger partial charge in [0.05, 0.1) is 4.90 Å². The van der Waals surface area contributed by atoms with Crippen molar-refractivity contribution in [2.24, 2.45) is 5.92 Å². The molecule has 0 radical (unpaired) electrons. The van der Waals surface area contributed by atoms with Crippen molar-refractivity contribution in [3.8, 4) is 0 Å². The van der Waals surface area contributed by atoms with E-state index in [-0.39, 0.29) is 6.04 Å². The summed E-state index contributed by atoms with van der Waals surface area (Å²) in [6, 6.07) is 4.99. The van der Waals surface area contributed by atoms with Crippen LogP contribution in [0, 0.1) is 12.8 Å². The first-order valence-electron chi connectivity index (χ1n) is 7.29. The standard InChI is InChI=1S/C15H24N2O2S/c1-11-14(16)9-6-10-15(11)20(18,19)17-12(2)13-7-4-3-5-8-13/h6,9-10,12-13,17H,3-5,7-8,16H2,1-2H3. The summed E-state index contributed by atoms with van der Waals surface area (Å²) in [5.41, 5.74) is 6.93. The molecule has 0 aromatic heterocycles. The Morgan fingerprint density at radius 1 is 1.25 bits per heavy atom. The smallest absolute Gasteiger partial charge is 0.241 e. The Bertz CT molecular complexity index is 563. The Hall–Kier alpha value is -1.07. The van der Waals surface area contributed by atoms with Gasteiger partial charge < -0.3 is 5.73 Å². The third kappa shape index (κ3) is 3.33. The van der Waals surface area contributed by atoms with Crippen LogP contribution in [-0.4, -0.2) is 14.5 Å². The lowest BCUT2D eigenvalue weighted by Gasteiger charge is -2.28. The highest BCUT2D eigenvalue weighted by Gasteiger charge is 2.26. The van der Waals surface area contributed by atoms with Crippen molar-refractivity contribution in [3.63, 3.8) is 0 Å². The van der Waals surface area contributed by atoms with Crippen molar-refractivity contribution >= 4 is 15.7 Å². The van der Waals surface area contributed by atoms with Crippen molar-refractivity contribution < 1.29 is 8.42 Å². The second kappa shape index (κ2) is 6.14. The first kappa shape index (κ1) is 15.3. The first-order valence-corrected chi connectivity index (χ1v) is 8.77. The summed E-state index contributed by atoms with van der Waals surface area (Å²) < 4.78 is 27.8. The van der Waals surface area contributed by atoms with Crippen LogP contribution < -0.4 is 10.5 Å². The minimum atomic E-state index is -3.49. The molecule has 1 unspecified atom stereocenters. The van der Waals surface area contributed by atoms with E-state index in [1.807, 2.05) is 6.92 Å². The first-order chi connectivity index (χ1) is 9.42. The minimum absolute atomic E-state index is 0.0267. The van der Waals surface area contributed by atoms with Gasteiger partial charge in [-0.3, -0.25) is 0 Å². The van der Waals surface area contributed by atoms with Gasteiger partial charge >= 0.3 is 0 Å². The number of nitrogens with one attached hydrogen (secondary N) is 1. The van der Waals surface area contributed by atoms with Gasteiger partial charge in [0.15, 0.2) is 0 Å². The van der Waals surface area contributed by atoms with Crippen molar-refractivity contribution in [2.45, 2.75) is 56.9 Å². The lowest BCUT2D eigenvalue weighted by Crippen LogP contribution is -2.39.